The van der Waals surface area contributed by atoms with Crippen LogP contribution in [0.2, 0.25) is 0 Å². The van der Waals surface area contributed by atoms with Crippen LogP contribution in [-0.4, -0.2) is 22.9 Å². The predicted octanol–water partition coefficient (Wildman–Crippen LogP) is 4.12. The highest BCUT2D eigenvalue weighted by molar-refractivity contribution is 5.92. The molecule has 2 aromatic carbocycles. The van der Waals surface area contributed by atoms with Crippen LogP contribution in [0.4, 0.5) is 11.7 Å². The Balaban J connectivity index is 1.56. The zero-order valence-corrected chi connectivity index (χ0v) is 14.5. The van der Waals surface area contributed by atoms with E-state index in [1.807, 2.05) is 30.3 Å². The first-order chi connectivity index (χ1) is 13.2. The van der Waals surface area contributed by atoms with Gasteiger partial charge in [-0.05, 0) is 30.3 Å². The molecule has 0 aliphatic rings. The molecule has 4 rings (SSSR count). The zero-order valence-electron chi connectivity index (χ0n) is 14.5. The Bertz CT molecular complexity index is 1090. The van der Waals surface area contributed by atoms with Crippen molar-refractivity contribution in [1.82, 2.24) is 15.3 Å². The van der Waals surface area contributed by atoms with E-state index in [2.05, 4.69) is 20.6 Å². The molecule has 4 aromatic rings. The van der Waals surface area contributed by atoms with E-state index in [-0.39, 0.29) is 11.6 Å². The molecule has 2 N–H and O–H groups in total. The van der Waals surface area contributed by atoms with Gasteiger partial charge in [0.05, 0.1) is 0 Å². The lowest BCUT2D eigenvalue weighted by atomic mass is 10.3. The number of hydrogen-bond acceptors (Lipinski definition) is 6. The van der Waals surface area contributed by atoms with Gasteiger partial charge in [-0.1, -0.05) is 18.2 Å². The van der Waals surface area contributed by atoms with E-state index in [0.29, 0.717) is 28.6 Å². The summed E-state index contributed by atoms with van der Waals surface area (Å²) in [7, 11) is 1.55. The molecule has 7 nitrogen and oxygen atoms in total. The van der Waals surface area contributed by atoms with Crippen molar-refractivity contribution in [2.75, 3.05) is 12.4 Å². The van der Waals surface area contributed by atoms with Gasteiger partial charge in [-0.2, -0.15) is 4.98 Å². The van der Waals surface area contributed by atoms with Crippen LogP contribution in [0.15, 0.2) is 71.3 Å². The number of hydrogen-bond donors (Lipinski definition) is 2. The second kappa shape index (κ2) is 7.17. The second-order valence-corrected chi connectivity index (χ2v) is 5.70. The molecule has 1 amide bonds. The average molecular weight is 360 g/mol. The molecule has 0 spiro atoms. The van der Waals surface area contributed by atoms with Crippen LogP contribution >= 0.6 is 0 Å². The summed E-state index contributed by atoms with van der Waals surface area (Å²) in [6, 6.07) is 18.7. The van der Waals surface area contributed by atoms with E-state index in [1.165, 1.54) is 6.20 Å². The van der Waals surface area contributed by atoms with Gasteiger partial charge in [-0.15, -0.1) is 0 Å². The van der Waals surface area contributed by atoms with Crippen LogP contribution in [0.1, 0.15) is 10.5 Å². The third-order valence-electron chi connectivity index (χ3n) is 3.81. The van der Waals surface area contributed by atoms with Crippen LogP contribution < -0.4 is 15.4 Å². The number of amides is 1. The van der Waals surface area contributed by atoms with Crippen molar-refractivity contribution in [2.45, 2.75) is 0 Å². The molecule has 0 saturated carbocycles. The van der Waals surface area contributed by atoms with E-state index in [0.717, 1.165) is 5.69 Å². The fourth-order valence-electron chi connectivity index (χ4n) is 2.53. The number of fused-ring (bicyclic) bond motifs is 1. The molecule has 0 atom stereocenters. The summed E-state index contributed by atoms with van der Waals surface area (Å²) >= 11 is 0. The van der Waals surface area contributed by atoms with Crippen molar-refractivity contribution in [3.8, 4) is 11.5 Å². The Morgan fingerprint density at radius 1 is 1.04 bits per heavy atom. The third-order valence-corrected chi connectivity index (χ3v) is 3.81. The normalized spacial score (nSPS) is 10.6. The number of nitrogens with one attached hydrogen (secondary N) is 2. The number of ether oxygens (including phenoxy) is 1. The Labute approximate surface area is 155 Å². The summed E-state index contributed by atoms with van der Waals surface area (Å²) in [6.07, 6.45) is 1.52. The minimum Gasteiger partial charge on any atom is -0.457 e. The summed E-state index contributed by atoms with van der Waals surface area (Å²) in [4.78, 5) is 20.1. The minimum absolute atomic E-state index is 0.274. The number of nitrogens with zero attached hydrogens (tertiary/aromatic N) is 2. The molecule has 27 heavy (non-hydrogen) atoms. The SMILES string of the molecule is CNC(=O)c1cc(Oc2ccc3oc(Nc4ccccc4)nc3c2)ccn1. The molecule has 0 bridgehead atoms. The fourth-order valence-corrected chi connectivity index (χ4v) is 2.53. The molecule has 2 heterocycles. The monoisotopic (exact) mass is 360 g/mol. The summed E-state index contributed by atoms with van der Waals surface area (Å²) in [5.41, 5.74) is 2.47. The number of rotatable bonds is 5. The van der Waals surface area contributed by atoms with Crippen LogP contribution in [0.3, 0.4) is 0 Å². The van der Waals surface area contributed by atoms with E-state index in [1.54, 1.807) is 37.4 Å². The topological polar surface area (TPSA) is 89.3 Å². The second-order valence-electron chi connectivity index (χ2n) is 5.70. The number of benzene rings is 2. The van der Waals surface area contributed by atoms with Crippen LogP contribution in [0, 0.1) is 0 Å². The lowest BCUT2D eigenvalue weighted by Gasteiger charge is -2.06. The number of pyridine rings is 1. The molecule has 0 radical (unpaired) electrons. The molecule has 7 heteroatoms. The Morgan fingerprint density at radius 3 is 2.67 bits per heavy atom. The molecule has 0 aliphatic heterocycles. The molecule has 0 fully saturated rings. The summed E-state index contributed by atoms with van der Waals surface area (Å²) < 4.78 is 11.5. The first-order valence-electron chi connectivity index (χ1n) is 8.30. The number of aromatic nitrogens is 2. The molecule has 134 valence electrons. The van der Waals surface area contributed by atoms with Gasteiger partial charge < -0.3 is 19.8 Å². The molecular weight excluding hydrogens is 344 g/mol. The lowest BCUT2D eigenvalue weighted by Crippen LogP contribution is -2.18. The zero-order chi connectivity index (χ0) is 18.6. The number of carbonyl (C=O) groups is 1. The number of carbonyl (C=O) groups excluding carboxylic acids is 1. The van der Waals surface area contributed by atoms with Gasteiger partial charge >= 0.3 is 0 Å². The first-order valence-corrected chi connectivity index (χ1v) is 8.30. The van der Waals surface area contributed by atoms with Crippen molar-refractivity contribution in [3.63, 3.8) is 0 Å². The van der Waals surface area contributed by atoms with Crippen molar-refractivity contribution < 1.29 is 13.9 Å². The lowest BCUT2D eigenvalue weighted by molar-refractivity contribution is 0.0958. The first kappa shape index (κ1) is 16.6. The predicted molar refractivity (Wildman–Crippen MR) is 101 cm³/mol. The number of para-hydroxylation sites is 1. The van der Waals surface area contributed by atoms with Crippen LogP contribution in [-0.2, 0) is 0 Å². The molecule has 2 aromatic heterocycles. The van der Waals surface area contributed by atoms with Crippen molar-refractivity contribution in [3.05, 3.63) is 72.6 Å². The summed E-state index contributed by atoms with van der Waals surface area (Å²) in [6.45, 7) is 0. The Kier molecular flexibility index (Phi) is 4.40. The van der Waals surface area contributed by atoms with Gasteiger partial charge in [0.1, 0.15) is 22.7 Å². The van der Waals surface area contributed by atoms with Gasteiger partial charge in [-0.25, -0.2) is 0 Å². The Morgan fingerprint density at radius 2 is 1.85 bits per heavy atom. The number of anilines is 2. The van der Waals surface area contributed by atoms with Crippen LogP contribution in [0.25, 0.3) is 11.1 Å². The molecule has 0 saturated heterocycles. The van der Waals surface area contributed by atoms with E-state index >= 15 is 0 Å². The smallest absolute Gasteiger partial charge is 0.300 e. The molecular formula is C20H16N4O3. The van der Waals surface area contributed by atoms with Crippen molar-refractivity contribution in [2.24, 2.45) is 0 Å². The van der Waals surface area contributed by atoms with Gasteiger partial charge in [-0.3, -0.25) is 9.78 Å². The van der Waals surface area contributed by atoms with E-state index in [9.17, 15) is 4.79 Å². The maximum atomic E-state index is 11.7. The van der Waals surface area contributed by atoms with Crippen molar-refractivity contribution in [1.29, 1.82) is 0 Å². The number of oxazole rings is 1. The third kappa shape index (κ3) is 3.72. The van der Waals surface area contributed by atoms with E-state index in [4.69, 9.17) is 9.15 Å². The minimum atomic E-state index is -0.274. The fraction of sp³-hybridized carbons (Fsp3) is 0.0500. The average Bonchev–Trinajstić information content (AvgIpc) is 3.10. The van der Waals surface area contributed by atoms with Gasteiger partial charge in [0.25, 0.3) is 11.9 Å². The molecule has 0 aliphatic carbocycles. The maximum absolute atomic E-state index is 11.7. The van der Waals surface area contributed by atoms with Crippen LogP contribution in [0.5, 0.6) is 11.5 Å². The van der Waals surface area contributed by atoms with Gasteiger partial charge in [0.2, 0.25) is 0 Å². The van der Waals surface area contributed by atoms with E-state index < -0.39 is 0 Å². The maximum Gasteiger partial charge on any atom is 0.300 e. The highest BCUT2D eigenvalue weighted by Crippen LogP contribution is 2.28. The summed E-state index contributed by atoms with van der Waals surface area (Å²) in [5.74, 6) is 0.814. The van der Waals surface area contributed by atoms with Crippen molar-refractivity contribution >= 4 is 28.7 Å². The largest absolute Gasteiger partial charge is 0.457 e. The summed E-state index contributed by atoms with van der Waals surface area (Å²) in [5, 5.41) is 5.65. The standard InChI is InChI=1S/C20H16N4O3/c1-21-19(25)17-12-15(9-10-22-17)26-14-7-8-18-16(11-14)24-20(27-18)23-13-5-3-2-4-6-13/h2-12H,1H3,(H,21,25)(H,23,24). The quantitative estimate of drug-likeness (QED) is 0.556. The highest BCUT2D eigenvalue weighted by Gasteiger charge is 2.10. The Hall–Kier alpha value is -3.87. The highest BCUT2D eigenvalue weighted by atomic mass is 16.5. The van der Waals surface area contributed by atoms with Gasteiger partial charge in [0.15, 0.2) is 5.58 Å². The molecule has 0 unspecified atom stereocenters. The van der Waals surface area contributed by atoms with Gasteiger partial charge in [0, 0.05) is 31.1 Å².